The molecule has 1 heterocycles. The van der Waals surface area contributed by atoms with E-state index in [1.54, 1.807) is 12.1 Å². The molecular formula is C16H12F3NOS. The fraction of sp³-hybridized carbons (Fsp3) is 0.188. The molecule has 0 saturated heterocycles. The number of thioether (sulfide) groups is 1. The molecule has 2 aromatic carbocycles. The number of carbonyl (C=O) groups excluding carboxylic acids is 1. The van der Waals surface area contributed by atoms with E-state index in [-0.39, 0.29) is 12.3 Å². The van der Waals surface area contributed by atoms with Gasteiger partial charge in [-0.15, -0.1) is 11.8 Å². The van der Waals surface area contributed by atoms with Gasteiger partial charge in [-0.2, -0.15) is 13.2 Å². The Morgan fingerprint density at radius 3 is 2.64 bits per heavy atom. The highest BCUT2D eigenvalue weighted by Crippen LogP contribution is 2.37. The number of rotatable bonds is 2. The molecule has 0 radical (unpaired) electrons. The molecule has 1 aliphatic heterocycles. The maximum atomic E-state index is 12.7. The minimum absolute atomic E-state index is 0.180. The van der Waals surface area contributed by atoms with Crippen molar-refractivity contribution in [3.05, 3.63) is 59.7 Å². The smallest absolute Gasteiger partial charge is 0.324 e. The monoisotopic (exact) mass is 323 g/mol. The second kappa shape index (κ2) is 5.68. The van der Waals surface area contributed by atoms with Crippen LogP contribution in [0.4, 0.5) is 18.9 Å². The zero-order valence-corrected chi connectivity index (χ0v) is 12.2. The number of benzene rings is 2. The Bertz CT molecular complexity index is 715. The van der Waals surface area contributed by atoms with Gasteiger partial charge in [0.2, 0.25) is 5.91 Å². The maximum Gasteiger partial charge on any atom is 0.416 e. The van der Waals surface area contributed by atoms with Crippen LogP contribution in [0.15, 0.2) is 53.4 Å². The van der Waals surface area contributed by atoms with Gasteiger partial charge in [0.25, 0.3) is 0 Å². The van der Waals surface area contributed by atoms with Gasteiger partial charge in [-0.05, 0) is 30.2 Å². The summed E-state index contributed by atoms with van der Waals surface area (Å²) >= 11 is 1.38. The molecular weight excluding hydrogens is 311 g/mol. The van der Waals surface area contributed by atoms with Gasteiger partial charge in [-0.3, -0.25) is 4.79 Å². The number of para-hydroxylation sites is 1. The third kappa shape index (κ3) is 3.11. The molecule has 0 bridgehead atoms. The Labute approximate surface area is 129 Å². The Balaban J connectivity index is 1.81. The van der Waals surface area contributed by atoms with Gasteiger partial charge in [0.1, 0.15) is 0 Å². The van der Waals surface area contributed by atoms with Gasteiger partial charge in [0.05, 0.1) is 16.5 Å². The van der Waals surface area contributed by atoms with Crippen LogP contribution < -0.4 is 5.32 Å². The van der Waals surface area contributed by atoms with Crippen molar-refractivity contribution < 1.29 is 18.0 Å². The third-order valence-electron chi connectivity index (χ3n) is 3.38. The maximum absolute atomic E-state index is 12.7. The molecule has 114 valence electrons. The topological polar surface area (TPSA) is 29.1 Å². The van der Waals surface area contributed by atoms with E-state index >= 15 is 0 Å². The van der Waals surface area contributed by atoms with Crippen molar-refractivity contribution in [2.45, 2.75) is 22.7 Å². The van der Waals surface area contributed by atoms with Crippen LogP contribution >= 0.6 is 11.8 Å². The summed E-state index contributed by atoms with van der Waals surface area (Å²) in [4.78, 5) is 13.0. The van der Waals surface area contributed by atoms with E-state index in [4.69, 9.17) is 0 Å². The van der Waals surface area contributed by atoms with E-state index in [0.29, 0.717) is 5.56 Å². The lowest BCUT2D eigenvalue weighted by Gasteiger charge is -2.24. The Hall–Kier alpha value is -1.95. The molecule has 1 aliphatic rings. The fourth-order valence-corrected chi connectivity index (χ4v) is 3.47. The number of halogens is 3. The van der Waals surface area contributed by atoms with Gasteiger partial charge < -0.3 is 5.32 Å². The van der Waals surface area contributed by atoms with Gasteiger partial charge in [-0.25, -0.2) is 0 Å². The SMILES string of the molecule is O=C1Nc2ccccc2SC1Cc1cccc(C(F)(F)F)c1. The largest absolute Gasteiger partial charge is 0.416 e. The molecule has 0 aliphatic carbocycles. The van der Waals surface area contributed by atoms with E-state index in [1.165, 1.54) is 17.8 Å². The molecule has 22 heavy (non-hydrogen) atoms. The second-order valence-electron chi connectivity index (χ2n) is 4.99. The van der Waals surface area contributed by atoms with E-state index in [1.807, 2.05) is 18.2 Å². The van der Waals surface area contributed by atoms with E-state index in [9.17, 15) is 18.0 Å². The van der Waals surface area contributed by atoms with Crippen LogP contribution in [0.2, 0.25) is 0 Å². The van der Waals surface area contributed by atoms with Gasteiger partial charge in [0.15, 0.2) is 0 Å². The number of hydrogen-bond acceptors (Lipinski definition) is 2. The highest BCUT2D eigenvalue weighted by molar-refractivity contribution is 8.01. The predicted octanol–water partition coefficient (Wildman–Crippen LogP) is 4.36. The minimum atomic E-state index is -4.37. The minimum Gasteiger partial charge on any atom is -0.324 e. The number of anilines is 1. The van der Waals surface area contributed by atoms with Crippen LogP contribution in [0, 0.1) is 0 Å². The van der Waals surface area contributed by atoms with E-state index in [0.717, 1.165) is 22.7 Å². The van der Waals surface area contributed by atoms with Crippen LogP contribution in [0.1, 0.15) is 11.1 Å². The molecule has 1 atom stereocenters. The zero-order chi connectivity index (χ0) is 15.7. The first kappa shape index (κ1) is 15.0. The van der Waals surface area contributed by atoms with Gasteiger partial charge in [0, 0.05) is 4.90 Å². The van der Waals surface area contributed by atoms with Crippen LogP contribution in [0.3, 0.4) is 0 Å². The summed E-state index contributed by atoms with van der Waals surface area (Å²) in [5, 5.41) is 2.36. The quantitative estimate of drug-likeness (QED) is 0.889. The lowest BCUT2D eigenvalue weighted by molar-refractivity contribution is -0.137. The molecule has 3 rings (SSSR count). The molecule has 0 saturated carbocycles. The van der Waals surface area contributed by atoms with E-state index < -0.39 is 17.0 Å². The number of hydrogen-bond donors (Lipinski definition) is 1. The van der Waals surface area contributed by atoms with Crippen molar-refractivity contribution in [1.29, 1.82) is 0 Å². The lowest BCUT2D eigenvalue weighted by atomic mass is 10.1. The van der Waals surface area contributed by atoms with Crippen molar-refractivity contribution in [1.82, 2.24) is 0 Å². The highest BCUT2D eigenvalue weighted by Gasteiger charge is 2.31. The number of alkyl halides is 3. The van der Waals surface area contributed by atoms with Crippen LogP contribution in [0.25, 0.3) is 0 Å². The van der Waals surface area contributed by atoms with Crippen molar-refractivity contribution in [2.24, 2.45) is 0 Å². The highest BCUT2D eigenvalue weighted by atomic mass is 32.2. The fourth-order valence-electron chi connectivity index (χ4n) is 2.32. The zero-order valence-electron chi connectivity index (χ0n) is 11.4. The average Bonchev–Trinajstić information content (AvgIpc) is 2.47. The lowest BCUT2D eigenvalue weighted by Crippen LogP contribution is -2.30. The molecule has 1 unspecified atom stereocenters. The summed E-state index contributed by atoms with van der Waals surface area (Å²) in [6.07, 6.45) is -4.11. The average molecular weight is 323 g/mol. The number of amides is 1. The first-order chi connectivity index (χ1) is 10.4. The summed E-state index contributed by atoms with van der Waals surface area (Å²) in [5.41, 5.74) is 0.561. The van der Waals surface area contributed by atoms with Crippen molar-refractivity contribution in [2.75, 3.05) is 5.32 Å². The summed E-state index contributed by atoms with van der Waals surface area (Å²) in [7, 11) is 0. The first-order valence-electron chi connectivity index (χ1n) is 6.66. The molecule has 0 aromatic heterocycles. The summed E-state index contributed by atoms with van der Waals surface area (Å²) < 4.78 is 38.2. The molecule has 0 spiro atoms. The molecule has 2 nitrogen and oxygen atoms in total. The summed E-state index contributed by atoms with van der Waals surface area (Å²) in [6, 6.07) is 12.5. The summed E-state index contributed by atoms with van der Waals surface area (Å²) in [5.74, 6) is -0.180. The molecule has 0 fully saturated rings. The molecule has 1 amide bonds. The third-order valence-corrected chi connectivity index (χ3v) is 4.66. The van der Waals surface area contributed by atoms with Gasteiger partial charge >= 0.3 is 6.18 Å². The van der Waals surface area contributed by atoms with Crippen molar-refractivity contribution >= 4 is 23.4 Å². The van der Waals surface area contributed by atoms with Gasteiger partial charge in [-0.1, -0.05) is 30.3 Å². The van der Waals surface area contributed by atoms with Crippen LogP contribution in [-0.2, 0) is 17.4 Å². The molecule has 6 heteroatoms. The van der Waals surface area contributed by atoms with Crippen molar-refractivity contribution in [3.63, 3.8) is 0 Å². The normalized spacial score (nSPS) is 17.8. The second-order valence-corrected chi connectivity index (χ2v) is 6.24. The molecule has 2 aromatic rings. The number of nitrogens with one attached hydrogen (secondary N) is 1. The standard InChI is InChI=1S/C16H12F3NOS/c17-16(18,19)11-5-3-4-10(8-11)9-14-15(21)20-12-6-1-2-7-13(12)22-14/h1-8,14H,9H2,(H,20,21). The predicted molar refractivity (Wildman–Crippen MR) is 79.9 cm³/mol. The van der Waals surface area contributed by atoms with Crippen LogP contribution in [-0.4, -0.2) is 11.2 Å². The number of carbonyl (C=O) groups is 1. The van der Waals surface area contributed by atoms with Crippen molar-refractivity contribution in [3.8, 4) is 0 Å². The first-order valence-corrected chi connectivity index (χ1v) is 7.54. The Morgan fingerprint density at radius 2 is 1.86 bits per heavy atom. The van der Waals surface area contributed by atoms with Crippen LogP contribution in [0.5, 0.6) is 0 Å². The Morgan fingerprint density at radius 1 is 1.09 bits per heavy atom. The number of fused-ring (bicyclic) bond motifs is 1. The molecule has 1 N–H and O–H groups in total. The van der Waals surface area contributed by atoms with E-state index in [2.05, 4.69) is 5.32 Å². The summed E-state index contributed by atoms with van der Waals surface area (Å²) in [6.45, 7) is 0. The Kier molecular flexibility index (Phi) is 3.87.